The monoisotopic (exact) mass is 329 g/mol. The van der Waals surface area contributed by atoms with Gasteiger partial charge in [-0.15, -0.1) is 11.6 Å². The zero-order valence-electron chi connectivity index (χ0n) is 10.0. The summed E-state index contributed by atoms with van der Waals surface area (Å²) in [5, 5.41) is 0.581. The number of alkyl halides is 1. The largest absolute Gasteiger partial charge is 0.280 e. The molecule has 1 unspecified atom stereocenters. The van der Waals surface area contributed by atoms with Crippen molar-refractivity contribution in [3.63, 3.8) is 0 Å². The number of aryl methyl sites for hydroxylation is 1. The minimum Gasteiger partial charge on any atom is -0.280 e. The van der Waals surface area contributed by atoms with Gasteiger partial charge in [-0.25, -0.2) is 8.42 Å². The van der Waals surface area contributed by atoms with Gasteiger partial charge in [0.2, 0.25) is 10.0 Å². The van der Waals surface area contributed by atoms with Crippen LogP contribution < -0.4 is 4.72 Å². The summed E-state index contributed by atoms with van der Waals surface area (Å²) >= 11 is 17.6. The van der Waals surface area contributed by atoms with Crippen molar-refractivity contribution in [3.8, 4) is 0 Å². The summed E-state index contributed by atoms with van der Waals surface area (Å²) in [6.45, 7) is 3.53. The second-order valence-electron chi connectivity index (χ2n) is 4.20. The van der Waals surface area contributed by atoms with Crippen LogP contribution in [0.5, 0.6) is 0 Å². The Bertz CT molecular complexity index is 531. The van der Waals surface area contributed by atoms with Gasteiger partial charge in [0, 0.05) is 5.88 Å². The molecule has 0 fully saturated rings. The number of halogens is 3. The molecule has 0 aliphatic rings. The van der Waals surface area contributed by atoms with Crippen LogP contribution in [0, 0.1) is 12.8 Å². The number of benzene rings is 1. The molecule has 1 aromatic carbocycles. The third-order valence-corrected chi connectivity index (χ3v) is 5.16. The summed E-state index contributed by atoms with van der Waals surface area (Å²) in [5.41, 5.74) is 0.976. The summed E-state index contributed by atoms with van der Waals surface area (Å²) in [5.74, 6) is 0.0549. The fourth-order valence-corrected chi connectivity index (χ4v) is 3.66. The van der Waals surface area contributed by atoms with E-state index in [-0.39, 0.29) is 28.3 Å². The molecule has 1 atom stereocenters. The minimum absolute atomic E-state index is 0.0723. The number of anilines is 1. The van der Waals surface area contributed by atoms with Crippen LogP contribution in [0.15, 0.2) is 12.1 Å². The third-order valence-electron chi connectivity index (χ3n) is 2.31. The van der Waals surface area contributed by atoms with Gasteiger partial charge in [0.15, 0.2) is 0 Å². The zero-order chi connectivity index (χ0) is 13.9. The summed E-state index contributed by atoms with van der Waals surface area (Å²) < 4.78 is 26.2. The molecular formula is C11H14Cl3NO2S. The lowest BCUT2D eigenvalue weighted by Gasteiger charge is -2.14. The molecule has 102 valence electrons. The average molecular weight is 331 g/mol. The molecule has 0 amide bonds. The van der Waals surface area contributed by atoms with E-state index < -0.39 is 10.0 Å². The molecule has 0 aliphatic heterocycles. The molecule has 0 heterocycles. The normalized spacial score (nSPS) is 13.4. The Morgan fingerprint density at radius 3 is 2.50 bits per heavy atom. The predicted octanol–water partition coefficient (Wildman–Crippen LogP) is 3.92. The van der Waals surface area contributed by atoms with Crippen LogP contribution in [0.4, 0.5) is 5.69 Å². The van der Waals surface area contributed by atoms with Crippen LogP contribution in [-0.4, -0.2) is 20.1 Å². The number of hydrogen-bond donors (Lipinski definition) is 1. The standard InChI is InChI=1S/C11H14Cl3NO2S/c1-7(5-12)6-18(16,17)15-11-9(13)4-3-8(2)10(11)14/h3-4,7,15H,5-6H2,1-2H3. The van der Waals surface area contributed by atoms with E-state index in [0.29, 0.717) is 5.02 Å². The van der Waals surface area contributed by atoms with Gasteiger partial charge in [-0.2, -0.15) is 0 Å². The molecule has 18 heavy (non-hydrogen) atoms. The summed E-state index contributed by atoms with van der Waals surface area (Å²) in [6.07, 6.45) is 0. The Hall–Kier alpha value is -0.160. The maximum absolute atomic E-state index is 11.9. The molecular weight excluding hydrogens is 317 g/mol. The molecule has 0 saturated carbocycles. The van der Waals surface area contributed by atoms with Crippen molar-refractivity contribution < 1.29 is 8.42 Å². The smallest absolute Gasteiger partial charge is 0.233 e. The second-order valence-corrected chi connectivity index (χ2v) is 7.06. The molecule has 0 radical (unpaired) electrons. The Balaban J connectivity index is 3.01. The zero-order valence-corrected chi connectivity index (χ0v) is 13.1. The average Bonchev–Trinajstić information content (AvgIpc) is 2.29. The van der Waals surface area contributed by atoms with Gasteiger partial charge in [0.25, 0.3) is 0 Å². The van der Waals surface area contributed by atoms with Gasteiger partial charge in [0.05, 0.1) is 21.5 Å². The summed E-state index contributed by atoms with van der Waals surface area (Å²) in [7, 11) is -3.51. The molecule has 1 rings (SSSR count). The van der Waals surface area contributed by atoms with Crippen LogP contribution in [0.2, 0.25) is 10.0 Å². The Morgan fingerprint density at radius 1 is 1.33 bits per heavy atom. The molecule has 0 aliphatic carbocycles. The van der Waals surface area contributed by atoms with Gasteiger partial charge in [0.1, 0.15) is 0 Å². The van der Waals surface area contributed by atoms with Crippen molar-refractivity contribution >= 4 is 50.5 Å². The second kappa shape index (κ2) is 6.33. The fraction of sp³-hybridized carbons (Fsp3) is 0.455. The molecule has 0 saturated heterocycles. The topological polar surface area (TPSA) is 46.2 Å². The van der Waals surface area contributed by atoms with Gasteiger partial charge < -0.3 is 0 Å². The highest BCUT2D eigenvalue weighted by Crippen LogP contribution is 2.33. The fourth-order valence-electron chi connectivity index (χ4n) is 1.37. The van der Waals surface area contributed by atoms with E-state index in [4.69, 9.17) is 34.8 Å². The van der Waals surface area contributed by atoms with Crippen LogP contribution in [0.3, 0.4) is 0 Å². The van der Waals surface area contributed by atoms with Crippen molar-refractivity contribution in [2.75, 3.05) is 16.4 Å². The molecule has 0 bridgehead atoms. The van der Waals surface area contributed by atoms with Crippen LogP contribution >= 0.6 is 34.8 Å². The molecule has 1 aromatic rings. The van der Waals surface area contributed by atoms with E-state index in [9.17, 15) is 8.42 Å². The van der Waals surface area contributed by atoms with E-state index in [1.54, 1.807) is 26.0 Å². The lowest BCUT2D eigenvalue weighted by atomic mass is 10.2. The van der Waals surface area contributed by atoms with E-state index in [1.165, 1.54) is 0 Å². The number of nitrogens with one attached hydrogen (secondary N) is 1. The molecule has 0 spiro atoms. The molecule has 1 N–H and O–H groups in total. The van der Waals surface area contributed by atoms with Crippen LogP contribution in [0.25, 0.3) is 0 Å². The summed E-state index contributed by atoms with van der Waals surface area (Å²) in [4.78, 5) is 0. The molecule has 7 heteroatoms. The first-order valence-electron chi connectivity index (χ1n) is 5.28. The number of rotatable bonds is 5. The molecule has 0 aromatic heterocycles. The first-order valence-corrected chi connectivity index (χ1v) is 8.22. The SMILES string of the molecule is Cc1ccc(Cl)c(NS(=O)(=O)CC(C)CCl)c1Cl. The summed E-state index contributed by atoms with van der Waals surface area (Å²) in [6, 6.07) is 3.33. The van der Waals surface area contributed by atoms with Crippen molar-refractivity contribution in [1.82, 2.24) is 0 Å². The highest BCUT2D eigenvalue weighted by Gasteiger charge is 2.18. The predicted molar refractivity (Wildman–Crippen MR) is 78.5 cm³/mol. The maximum Gasteiger partial charge on any atom is 0.233 e. The van der Waals surface area contributed by atoms with E-state index in [0.717, 1.165) is 5.56 Å². The van der Waals surface area contributed by atoms with Crippen LogP contribution in [0.1, 0.15) is 12.5 Å². The van der Waals surface area contributed by atoms with Gasteiger partial charge in [-0.3, -0.25) is 4.72 Å². The Morgan fingerprint density at radius 2 is 1.94 bits per heavy atom. The number of hydrogen-bond acceptors (Lipinski definition) is 2. The Kier molecular flexibility index (Phi) is 5.59. The van der Waals surface area contributed by atoms with Crippen molar-refractivity contribution in [3.05, 3.63) is 27.7 Å². The first-order chi connectivity index (χ1) is 8.26. The van der Waals surface area contributed by atoms with Gasteiger partial charge >= 0.3 is 0 Å². The minimum atomic E-state index is -3.51. The third kappa shape index (κ3) is 4.19. The van der Waals surface area contributed by atoms with E-state index in [1.807, 2.05) is 0 Å². The molecule has 3 nitrogen and oxygen atoms in total. The van der Waals surface area contributed by atoms with Crippen molar-refractivity contribution in [2.24, 2.45) is 5.92 Å². The van der Waals surface area contributed by atoms with Gasteiger partial charge in [-0.1, -0.05) is 36.2 Å². The lowest BCUT2D eigenvalue weighted by Crippen LogP contribution is -2.22. The van der Waals surface area contributed by atoms with Gasteiger partial charge in [-0.05, 0) is 24.5 Å². The highest BCUT2D eigenvalue weighted by molar-refractivity contribution is 7.92. The maximum atomic E-state index is 11.9. The van der Waals surface area contributed by atoms with E-state index in [2.05, 4.69) is 4.72 Å². The number of sulfonamides is 1. The van der Waals surface area contributed by atoms with Crippen molar-refractivity contribution in [1.29, 1.82) is 0 Å². The van der Waals surface area contributed by atoms with Crippen molar-refractivity contribution in [2.45, 2.75) is 13.8 Å². The quantitative estimate of drug-likeness (QED) is 0.832. The first kappa shape index (κ1) is 15.9. The van der Waals surface area contributed by atoms with E-state index >= 15 is 0 Å². The highest BCUT2D eigenvalue weighted by atomic mass is 35.5. The lowest BCUT2D eigenvalue weighted by molar-refractivity contribution is 0.588. The Labute approximate surface area is 122 Å². The van der Waals surface area contributed by atoms with Crippen LogP contribution in [-0.2, 0) is 10.0 Å².